The average Bonchev–Trinajstić information content (AvgIpc) is 2.20. The van der Waals surface area contributed by atoms with Gasteiger partial charge in [0.15, 0.2) is 6.29 Å². The zero-order valence-electron chi connectivity index (χ0n) is 9.18. The predicted octanol–water partition coefficient (Wildman–Crippen LogP) is 0.306. The highest BCUT2D eigenvalue weighted by atomic mass is 16.6. The molecular formula is C11H19NO3. The molecule has 0 aromatic heterocycles. The van der Waals surface area contributed by atoms with Crippen LogP contribution in [0.5, 0.6) is 0 Å². The number of rotatable bonds is 3. The van der Waals surface area contributed by atoms with Crippen LogP contribution in [-0.2, 0) is 4.74 Å². The van der Waals surface area contributed by atoms with Gasteiger partial charge in [-0.1, -0.05) is 19.1 Å². The van der Waals surface area contributed by atoms with Gasteiger partial charge in [0.05, 0.1) is 12.7 Å². The molecule has 0 saturated carbocycles. The Hall–Kier alpha value is -0.680. The number of hydrogen-bond acceptors (Lipinski definition) is 4. The summed E-state index contributed by atoms with van der Waals surface area (Å²) in [4.78, 5) is 0. The molecule has 0 fully saturated rings. The molecular weight excluding hydrogens is 194 g/mol. The lowest BCUT2D eigenvalue weighted by molar-refractivity contribution is -0.0780. The smallest absolute Gasteiger partial charge is 0.180 e. The molecule has 4 nitrogen and oxygen atoms in total. The lowest BCUT2D eigenvalue weighted by atomic mass is 10.0. The third kappa shape index (κ3) is 3.43. The molecule has 0 aromatic rings. The Kier molecular flexibility index (Phi) is 4.47. The van der Waals surface area contributed by atoms with Crippen molar-refractivity contribution in [2.45, 2.75) is 38.7 Å². The van der Waals surface area contributed by atoms with E-state index in [2.05, 4.69) is 0 Å². The zero-order chi connectivity index (χ0) is 11.4. The first-order chi connectivity index (χ1) is 7.04. The van der Waals surface area contributed by atoms with Gasteiger partial charge in [-0.2, -0.15) is 0 Å². The molecule has 0 bridgehead atoms. The second kappa shape index (κ2) is 5.42. The minimum atomic E-state index is -1.000. The van der Waals surface area contributed by atoms with Crippen molar-refractivity contribution in [1.82, 2.24) is 0 Å². The van der Waals surface area contributed by atoms with E-state index in [0.717, 1.165) is 12.0 Å². The SMILES string of the molecule is CCC(N)/C=C1/C=C(C(C)O)C(O)OC1. The molecule has 0 spiro atoms. The minimum Gasteiger partial charge on any atom is -0.389 e. The minimum absolute atomic E-state index is 0.00894. The molecule has 0 amide bonds. The van der Waals surface area contributed by atoms with Gasteiger partial charge in [-0.05, 0) is 18.9 Å². The second-order valence-corrected chi connectivity index (χ2v) is 3.80. The first-order valence-electron chi connectivity index (χ1n) is 5.20. The summed E-state index contributed by atoms with van der Waals surface area (Å²) in [6.07, 6.45) is 2.80. The summed E-state index contributed by atoms with van der Waals surface area (Å²) >= 11 is 0. The Bertz CT molecular complexity index is 271. The van der Waals surface area contributed by atoms with Gasteiger partial charge in [0, 0.05) is 11.6 Å². The molecule has 1 heterocycles. The Morgan fingerprint density at radius 3 is 2.93 bits per heavy atom. The number of ether oxygens (including phenoxy) is 1. The third-order valence-electron chi connectivity index (χ3n) is 2.43. The third-order valence-corrected chi connectivity index (χ3v) is 2.43. The summed E-state index contributed by atoms with van der Waals surface area (Å²) in [5.41, 5.74) is 7.16. The van der Waals surface area contributed by atoms with Crippen LogP contribution in [0.1, 0.15) is 20.3 Å². The predicted molar refractivity (Wildman–Crippen MR) is 58.1 cm³/mol. The van der Waals surface area contributed by atoms with E-state index >= 15 is 0 Å². The first-order valence-corrected chi connectivity index (χ1v) is 5.20. The molecule has 0 aliphatic carbocycles. The van der Waals surface area contributed by atoms with E-state index in [0.29, 0.717) is 12.2 Å². The largest absolute Gasteiger partial charge is 0.389 e. The zero-order valence-corrected chi connectivity index (χ0v) is 9.18. The normalized spacial score (nSPS) is 28.7. The molecule has 86 valence electrons. The maximum Gasteiger partial charge on any atom is 0.180 e. The van der Waals surface area contributed by atoms with Crippen LogP contribution in [0.4, 0.5) is 0 Å². The summed E-state index contributed by atoms with van der Waals surface area (Å²) in [6.45, 7) is 3.94. The molecule has 4 heteroatoms. The summed E-state index contributed by atoms with van der Waals surface area (Å²) in [7, 11) is 0. The van der Waals surface area contributed by atoms with Gasteiger partial charge in [0.1, 0.15) is 0 Å². The van der Waals surface area contributed by atoms with E-state index in [1.807, 2.05) is 13.0 Å². The van der Waals surface area contributed by atoms with Gasteiger partial charge >= 0.3 is 0 Å². The van der Waals surface area contributed by atoms with E-state index in [1.165, 1.54) is 0 Å². The number of aliphatic hydroxyl groups excluding tert-OH is 2. The molecule has 1 aliphatic rings. The molecule has 1 aliphatic heterocycles. The highest BCUT2D eigenvalue weighted by Gasteiger charge is 2.21. The van der Waals surface area contributed by atoms with Gasteiger partial charge in [-0.15, -0.1) is 0 Å². The van der Waals surface area contributed by atoms with Crippen LogP contribution in [0.15, 0.2) is 23.3 Å². The van der Waals surface area contributed by atoms with Crippen molar-refractivity contribution in [2.24, 2.45) is 5.73 Å². The van der Waals surface area contributed by atoms with Gasteiger partial charge in [0.2, 0.25) is 0 Å². The highest BCUT2D eigenvalue weighted by Crippen LogP contribution is 2.19. The molecule has 4 N–H and O–H groups in total. The van der Waals surface area contributed by atoms with E-state index in [-0.39, 0.29) is 6.04 Å². The maximum atomic E-state index is 9.44. The first kappa shape index (κ1) is 12.4. The molecule has 0 saturated heterocycles. The van der Waals surface area contributed by atoms with Crippen molar-refractivity contribution in [3.05, 3.63) is 23.3 Å². The van der Waals surface area contributed by atoms with Crippen LogP contribution >= 0.6 is 0 Å². The fourth-order valence-electron chi connectivity index (χ4n) is 1.41. The van der Waals surface area contributed by atoms with E-state index in [4.69, 9.17) is 10.5 Å². The Morgan fingerprint density at radius 1 is 1.73 bits per heavy atom. The van der Waals surface area contributed by atoms with E-state index in [1.54, 1.807) is 13.0 Å². The number of nitrogens with two attached hydrogens (primary N) is 1. The maximum absolute atomic E-state index is 9.44. The van der Waals surface area contributed by atoms with Crippen LogP contribution in [0.3, 0.4) is 0 Å². The Balaban J connectivity index is 2.82. The highest BCUT2D eigenvalue weighted by molar-refractivity contribution is 5.30. The van der Waals surface area contributed by atoms with E-state index in [9.17, 15) is 10.2 Å². The lowest BCUT2D eigenvalue weighted by Gasteiger charge is -2.24. The Labute approximate surface area is 90.0 Å². The molecule has 0 radical (unpaired) electrons. The molecule has 15 heavy (non-hydrogen) atoms. The van der Waals surface area contributed by atoms with Crippen LogP contribution in [0, 0.1) is 0 Å². The van der Waals surface area contributed by atoms with Crippen molar-refractivity contribution in [3.8, 4) is 0 Å². The fraction of sp³-hybridized carbons (Fsp3) is 0.636. The van der Waals surface area contributed by atoms with Gasteiger partial charge in [0.25, 0.3) is 0 Å². The van der Waals surface area contributed by atoms with Gasteiger partial charge < -0.3 is 20.7 Å². The topological polar surface area (TPSA) is 75.7 Å². The summed E-state index contributed by atoms with van der Waals surface area (Å²) < 4.78 is 5.11. The molecule has 3 atom stereocenters. The average molecular weight is 213 g/mol. The van der Waals surface area contributed by atoms with Crippen molar-refractivity contribution in [1.29, 1.82) is 0 Å². The summed E-state index contributed by atoms with van der Waals surface area (Å²) in [5.74, 6) is 0. The lowest BCUT2D eigenvalue weighted by Crippen LogP contribution is -2.28. The van der Waals surface area contributed by atoms with Crippen LogP contribution in [0.25, 0.3) is 0 Å². The number of hydrogen-bond donors (Lipinski definition) is 3. The van der Waals surface area contributed by atoms with E-state index < -0.39 is 12.4 Å². The monoisotopic (exact) mass is 213 g/mol. The van der Waals surface area contributed by atoms with Crippen LogP contribution < -0.4 is 5.73 Å². The second-order valence-electron chi connectivity index (χ2n) is 3.80. The quantitative estimate of drug-likeness (QED) is 0.630. The fourth-order valence-corrected chi connectivity index (χ4v) is 1.41. The van der Waals surface area contributed by atoms with Crippen molar-refractivity contribution in [2.75, 3.05) is 6.61 Å². The summed E-state index contributed by atoms with van der Waals surface area (Å²) in [5, 5.41) is 18.8. The standard InChI is InChI=1S/C11H19NO3/c1-3-9(12)4-8-5-10(7(2)13)11(14)15-6-8/h4-5,7,9,11,13-14H,3,6,12H2,1-2H3/b8-4-. The molecule has 0 aromatic carbocycles. The molecule has 1 rings (SSSR count). The van der Waals surface area contributed by atoms with Crippen LogP contribution in [0.2, 0.25) is 0 Å². The van der Waals surface area contributed by atoms with Gasteiger partial charge in [-0.3, -0.25) is 0 Å². The van der Waals surface area contributed by atoms with Gasteiger partial charge in [-0.25, -0.2) is 0 Å². The summed E-state index contributed by atoms with van der Waals surface area (Å²) in [6, 6.07) is -0.00894. The molecule has 3 unspecified atom stereocenters. The Morgan fingerprint density at radius 2 is 2.40 bits per heavy atom. The number of aliphatic hydroxyl groups is 2. The van der Waals surface area contributed by atoms with Crippen molar-refractivity contribution < 1.29 is 14.9 Å². The van der Waals surface area contributed by atoms with Crippen molar-refractivity contribution in [3.63, 3.8) is 0 Å². The van der Waals surface area contributed by atoms with Crippen LogP contribution in [-0.4, -0.2) is 35.3 Å². The van der Waals surface area contributed by atoms with Crippen molar-refractivity contribution >= 4 is 0 Å².